The molecule has 0 aromatic carbocycles. The lowest BCUT2D eigenvalue weighted by Gasteiger charge is -2.14. The molecule has 0 aliphatic carbocycles. The fraction of sp³-hybridized carbons (Fsp3) is 0.700. The van der Waals surface area contributed by atoms with E-state index in [4.69, 9.17) is 4.74 Å². The van der Waals surface area contributed by atoms with Gasteiger partial charge in [-0.05, 0) is 31.9 Å². The summed E-state index contributed by atoms with van der Waals surface area (Å²) in [5.41, 5.74) is 1.02. The highest BCUT2D eigenvalue weighted by Crippen LogP contribution is 2.11. The number of methoxy groups -OCH3 is 1. The highest BCUT2D eigenvalue weighted by atomic mass is 16.5. The van der Waals surface area contributed by atoms with Crippen LogP contribution in [0.3, 0.4) is 0 Å². The maximum atomic E-state index is 10.7. The van der Waals surface area contributed by atoms with E-state index in [0.717, 1.165) is 18.4 Å². The van der Waals surface area contributed by atoms with E-state index in [-0.39, 0.29) is 11.9 Å². The molecular weight excluding hydrogens is 152 g/mol. The van der Waals surface area contributed by atoms with E-state index in [1.807, 2.05) is 6.92 Å². The number of carbonyl (C=O) groups excluding carboxylic acids is 1. The molecular formula is C10H18O2. The molecule has 2 nitrogen and oxygen atoms in total. The Balaban J connectivity index is 4.19. The van der Waals surface area contributed by atoms with Crippen molar-refractivity contribution in [3.8, 4) is 0 Å². The number of carbonyl (C=O) groups is 1. The molecule has 0 N–H and O–H groups in total. The predicted molar refractivity (Wildman–Crippen MR) is 50.1 cm³/mol. The van der Waals surface area contributed by atoms with Gasteiger partial charge in [-0.2, -0.15) is 0 Å². The fourth-order valence-corrected chi connectivity index (χ4v) is 1.21. The molecule has 0 aromatic rings. The minimum atomic E-state index is 0.0886. The topological polar surface area (TPSA) is 26.3 Å². The van der Waals surface area contributed by atoms with Gasteiger partial charge in [-0.1, -0.05) is 13.3 Å². The van der Waals surface area contributed by atoms with Crippen LogP contribution in [0, 0.1) is 0 Å². The Morgan fingerprint density at radius 3 is 2.42 bits per heavy atom. The Labute approximate surface area is 74.6 Å². The highest BCUT2D eigenvalue weighted by Gasteiger charge is 2.07. The summed E-state index contributed by atoms with van der Waals surface area (Å²) >= 11 is 0. The molecule has 0 radical (unpaired) electrons. The normalized spacial score (nSPS) is 14.5. The quantitative estimate of drug-likeness (QED) is 0.592. The van der Waals surface area contributed by atoms with Gasteiger partial charge in [0.2, 0.25) is 0 Å². The number of hydrogen-bond donors (Lipinski definition) is 0. The number of hydrogen-bond acceptors (Lipinski definition) is 2. The van der Waals surface area contributed by atoms with Crippen LogP contribution in [0.4, 0.5) is 0 Å². The summed E-state index contributed by atoms with van der Waals surface area (Å²) in [5.74, 6) is 0.0886. The van der Waals surface area contributed by atoms with Gasteiger partial charge < -0.3 is 4.74 Å². The van der Waals surface area contributed by atoms with Crippen LogP contribution < -0.4 is 0 Å². The van der Waals surface area contributed by atoms with Crippen LogP contribution in [-0.4, -0.2) is 19.0 Å². The fourth-order valence-electron chi connectivity index (χ4n) is 1.21. The zero-order chi connectivity index (χ0) is 9.56. The van der Waals surface area contributed by atoms with Crippen LogP contribution in [0.5, 0.6) is 0 Å². The molecule has 1 atom stereocenters. The average Bonchev–Trinajstić information content (AvgIpc) is 1.98. The van der Waals surface area contributed by atoms with E-state index in [0.29, 0.717) is 0 Å². The lowest BCUT2D eigenvalue weighted by atomic mass is 10.1. The molecule has 0 heterocycles. The largest absolute Gasteiger partial charge is 0.377 e. The second kappa shape index (κ2) is 5.95. The van der Waals surface area contributed by atoms with Crippen molar-refractivity contribution in [2.45, 2.75) is 39.7 Å². The summed E-state index contributed by atoms with van der Waals surface area (Å²) in [6, 6.07) is 0. The Morgan fingerprint density at radius 2 is 2.08 bits per heavy atom. The van der Waals surface area contributed by atoms with E-state index in [1.54, 1.807) is 20.1 Å². The zero-order valence-electron chi connectivity index (χ0n) is 8.39. The maximum Gasteiger partial charge on any atom is 0.152 e. The monoisotopic (exact) mass is 170 g/mol. The smallest absolute Gasteiger partial charge is 0.152 e. The van der Waals surface area contributed by atoms with Crippen LogP contribution >= 0.6 is 0 Å². The van der Waals surface area contributed by atoms with E-state index in [2.05, 4.69) is 6.92 Å². The van der Waals surface area contributed by atoms with Gasteiger partial charge in [-0.15, -0.1) is 0 Å². The van der Waals surface area contributed by atoms with E-state index in [9.17, 15) is 4.79 Å². The SMILES string of the molecule is CCCC(OC)/C(C)=C/C(C)=O. The average molecular weight is 170 g/mol. The first-order valence-corrected chi connectivity index (χ1v) is 4.33. The Bertz CT molecular complexity index is 171. The van der Waals surface area contributed by atoms with Crippen molar-refractivity contribution in [3.05, 3.63) is 11.6 Å². The van der Waals surface area contributed by atoms with Gasteiger partial charge in [0.1, 0.15) is 0 Å². The second-order valence-corrected chi connectivity index (χ2v) is 3.01. The summed E-state index contributed by atoms with van der Waals surface area (Å²) in [6.07, 6.45) is 3.80. The zero-order valence-corrected chi connectivity index (χ0v) is 8.39. The molecule has 1 unspecified atom stereocenters. The summed E-state index contributed by atoms with van der Waals surface area (Å²) in [7, 11) is 1.68. The molecule has 70 valence electrons. The third kappa shape index (κ3) is 4.29. The van der Waals surface area contributed by atoms with Crippen molar-refractivity contribution >= 4 is 5.78 Å². The van der Waals surface area contributed by atoms with Crippen molar-refractivity contribution in [2.24, 2.45) is 0 Å². The molecule has 0 saturated carbocycles. The van der Waals surface area contributed by atoms with Gasteiger partial charge >= 0.3 is 0 Å². The molecule has 0 fully saturated rings. The highest BCUT2D eigenvalue weighted by molar-refractivity contribution is 5.87. The lowest BCUT2D eigenvalue weighted by molar-refractivity contribution is -0.112. The molecule has 0 aliphatic heterocycles. The first-order valence-electron chi connectivity index (χ1n) is 4.33. The van der Waals surface area contributed by atoms with Gasteiger partial charge in [0.15, 0.2) is 5.78 Å². The standard InChI is InChI=1S/C10H18O2/c1-5-6-10(12-4)8(2)7-9(3)11/h7,10H,5-6H2,1-4H3/b8-7+. The van der Waals surface area contributed by atoms with Crippen LogP contribution in [-0.2, 0) is 9.53 Å². The molecule has 0 rings (SSSR count). The second-order valence-electron chi connectivity index (χ2n) is 3.01. The van der Waals surface area contributed by atoms with Gasteiger partial charge in [0.05, 0.1) is 6.10 Å². The predicted octanol–water partition coefficient (Wildman–Crippen LogP) is 2.34. The van der Waals surface area contributed by atoms with Crippen molar-refractivity contribution < 1.29 is 9.53 Å². The molecule has 0 spiro atoms. The molecule has 0 aliphatic rings. The van der Waals surface area contributed by atoms with Crippen molar-refractivity contribution in [2.75, 3.05) is 7.11 Å². The number of allylic oxidation sites excluding steroid dienone is 1. The van der Waals surface area contributed by atoms with E-state index < -0.39 is 0 Å². The Kier molecular flexibility index (Phi) is 5.64. The van der Waals surface area contributed by atoms with Gasteiger partial charge in [0.25, 0.3) is 0 Å². The molecule has 0 aromatic heterocycles. The molecule has 0 bridgehead atoms. The van der Waals surface area contributed by atoms with E-state index >= 15 is 0 Å². The molecule has 0 amide bonds. The van der Waals surface area contributed by atoms with Crippen LogP contribution in [0.15, 0.2) is 11.6 Å². The number of ether oxygens (including phenoxy) is 1. The Hall–Kier alpha value is -0.630. The summed E-state index contributed by atoms with van der Waals surface area (Å²) < 4.78 is 5.23. The van der Waals surface area contributed by atoms with Crippen LogP contribution in [0.1, 0.15) is 33.6 Å². The first kappa shape index (κ1) is 11.4. The summed E-state index contributed by atoms with van der Waals surface area (Å²) in [5, 5.41) is 0. The van der Waals surface area contributed by atoms with E-state index in [1.165, 1.54) is 0 Å². The number of rotatable bonds is 5. The van der Waals surface area contributed by atoms with Crippen molar-refractivity contribution in [1.29, 1.82) is 0 Å². The lowest BCUT2D eigenvalue weighted by Crippen LogP contribution is -2.12. The van der Waals surface area contributed by atoms with Crippen molar-refractivity contribution in [3.63, 3.8) is 0 Å². The number of ketones is 1. The van der Waals surface area contributed by atoms with Gasteiger partial charge in [-0.3, -0.25) is 4.79 Å². The van der Waals surface area contributed by atoms with Crippen LogP contribution in [0.25, 0.3) is 0 Å². The van der Waals surface area contributed by atoms with Gasteiger partial charge in [-0.25, -0.2) is 0 Å². The third-order valence-electron chi connectivity index (χ3n) is 1.77. The molecule has 12 heavy (non-hydrogen) atoms. The third-order valence-corrected chi connectivity index (χ3v) is 1.77. The minimum Gasteiger partial charge on any atom is -0.377 e. The van der Waals surface area contributed by atoms with Gasteiger partial charge in [0, 0.05) is 7.11 Å². The van der Waals surface area contributed by atoms with Crippen molar-refractivity contribution in [1.82, 2.24) is 0 Å². The molecule has 2 heteroatoms. The summed E-state index contributed by atoms with van der Waals surface area (Å²) in [6.45, 7) is 5.60. The molecule has 0 saturated heterocycles. The Morgan fingerprint density at radius 1 is 1.50 bits per heavy atom. The maximum absolute atomic E-state index is 10.7. The van der Waals surface area contributed by atoms with Crippen LogP contribution in [0.2, 0.25) is 0 Å². The minimum absolute atomic E-state index is 0.0886. The first-order chi connectivity index (χ1) is 5.61. The summed E-state index contributed by atoms with van der Waals surface area (Å²) in [4.78, 5) is 10.7.